The third-order valence-corrected chi connectivity index (χ3v) is 4.13. The van der Waals surface area contributed by atoms with E-state index in [0.717, 1.165) is 11.1 Å². The van der Waals surface area contributed by atoms with Crippen LogP contribution in [0.5, 0.6) is 0 Å². The predicted molar refractivity (Wildman–Crippen MR) is 90.3 cm³/mol. The maximum absolute atomic E-state index is 11.9. The second kappa shape index (κ2) is 6.38. The summed E-state index contributed by atoms with van der Waals surface area (Å²) < 4.78 is 5.21. The number of nitrogens with zero attached hydrogens (tertiary/aromatic N) is 1. The van der Waals surface area contributed by atoms with Crippen molar-refractivity contribution in [3.8, 4) is 0 Å². The fourth-order valence-electron chi connectivity index (χ4n) is 1.98. The van der Waals surface area contributed by atoms with Crippen LogP contribution in [0.4, 0.5) is 0 Å². The summed E-state index contributed by atoms with van der Waals surface area (Å²) in [5.41, 5.74) is 1.92. The first-order chi connectivity index (χ1) is 10.7. The Morgan fingerprint density at radius 1 is 1.09 bits per heavy atom. The van der Waals surface area contributed by atoms with Crippen molar-refractivity contribution in [2.45, 2.75) is 4.90 Å². The molecule has 0 aliphatic carbocycles. The van der Waals surface area contributed by atoms with Crippen LogP contribution < -0.4 is 0 Å². The molecule has 0 aromatic heterocycles. The Kier molecular flexibility index (Phi) is 4.32. The Hall–Kier alpha value is -2.04. The SMILES string of the molecule is CSc1ccc(/C=C2/N=C(c3ccc(Cl)cc3)OC2=O)cc1. The maximum atomic E-state index is 11.9. The van der Waals surface area contributed by atoms with Crippen LogP contribution in [0.1, 0.15) is 11.1 Å². The van der Waals surface area contributed by atoms with Crippen molar-refractivity contribution < 1.29 is 9.53 Å². The molecular formula is C17H12ClNO2S. The van der Waals surface area contributed by atoms with Crippen molar-refractivity contribution in [3.05, 3.63) is 70.4 Å². The molecule has 0 saturated heterocycles. The quantitative estimate of drug-likeness (QED) is 0.476. The van der Waals surface area contributed by atoms with Gasteiger partial charge in [0.15, 0.2) is 5.70 Å². The summed E-state index contributed by atoms with van der Waals surface area (Å²) in [5.74, 6) is -0.146. The maximum Gasteiger partial charge on any atom is 0.363 e. The molecule has 110 valence electrons. The Labute approximate surface area is 137 Å². The number of halogens is 1. The van der Waals surface area contributed by atoms with E-state index in [9.17, 15) is 4.79 Å². The summed E-state index contributed by atoms with van der Waals surface area (Å²) in [4.78, 5) is 17.3. The lowest BCUT2D eigenvalue weighted by molar-refractivity contribution is -0.129. The van der Waals surface area contributed by atoms with Gasteiger partial charge >= 0.3 is 5.97 Å². The average Bonchev–Trinajstić information content (AvgIpc) is 2.90. The molecule has 0 spiro atoms. The molecular weight excluding hydrogens is 318 g/mol. The van der Waals surface area contributed by atoms with Crippen LogP contribution in [-0.4, -0.2) is 18.1 Å². The number of ether oxygens (including phenoxy) is 1. The summed E-state index contributed by atoms with van der Waals surface area (Å²) in [5, 5.41) is 0.623. The molecule has 2 aromatic carbocycles. The first-order valence-electron chi connectivity index (χ1n) is 6.58. The number of carbonyl (C=O) groups excluding carboxylic acids is 1. The minimum Gasteiger partial charge on any atom is -0.402 e. The van der Waals surface area contributed by atoms with E-state index in [1.807, 2.05) is 30.5 Å². The van der Waals surface area contributed by atoms with E-state index in [-0.39, 0.29) is 0 Å². The molecule has 0 fully saturated rings. The number of hydrogen-bond acceptors (Lipinski definition) is 4. The zero-order valence-corrected chi connectivity index (χ0v) is 13.3. The smallest absolute Gasteiger partial charge is 0.363 e. The van der Waals surface area contributed by atoms with Gasteiger partial charge in [0.2, 0.25) is 5.90 Å². The topological polar surface area (TPSA) is 38.7 Å². The van der Waals surface area contributed by atoms with Crippen molar-refractivity contribution in [1.82, 2.24) is 0 Å². The van der Waals surface area contributed by atoms with Gasteiger partial charge in [0.05, 0.1) is 0 Å². The van der Waals surface area contributed by atoms with E-state index in [1.54, 1.807) is 42.1 Å². The zero-order chi connectivity index (χ0) is 15.5. The molecule has 0 saturated carbocycles. The van der Waals surface area contributed by atoms with Crippen LogP contribution in [0.25, 0.3) is 6.08 Å². The summed E-state index contributed by atoms with van der Waals surface area (Å²) in [6.07, 6.45) is 3.74. The van der Waals surface area contributed by atoms with Crippen LogP contribution in [0.2, 0.25) is 5.02 Å². The third-order valence-electron chi connectivity index (χ3n) is 3.13. The fourth-order valence-corrected chi connectivity index (χ4v) is 2.52. The normalized spacial score (nSPS) is 15.8. The molecule has 0 atom stereocenters. The van der Waals surface area contributed by atoms with Gasteiger partial charge in [0.25, 0.3) is 0 Å². The highest BCUT2D eigenvalue weighted by atomic mass is 35.5. The molecule has 3 rings (SSSR count). The standard InChI is InChI=1S/C17H12ClNO2S/c1-22-14-8-2-11(3-9-14)10-15-17(20)21-16(19-15)12-4-6-13(18)7-5-12/h2-10H,1H3/b15-10+. The van der Waals surface area contributed by atoms with Gasteiger partial charge in [-0.25, -0.2) is 9.79 Å². The zero-order valence-electron chi connectivity index (χ0n) is 11.7. The summed E-state index contributed by atoms with van der Waals surface area (Å²) in [6, 6.07) is 14.9. The van der Waals surface area contributed by atoms with Gasteiger partial charge in [-0.05, 0) is 54.3 Å². The van der Waals surface area contributed by atoms with Gasteiger partial charge in [0.1, 0.15) is 0 Å². The number of aliphatic imine (C=N–C) groups is 1. The highest BCUT2D eigenvalue weighted by Crippen LogP contribution is 2.21. The van der Waals surface area contributed by atoms with Gasteiger partial charge in [-0.1, -0.05) is 23.7 Å². The molecule has 0 amide bonds. The highest BCUT2D eigenvalue weighted by molar-refractivity contribution is 7.98. The highest BCUT2D eigenvalue weighted by Gasteiger charge is 2.23. The monoisotopic (exact) mass is 329 g/mol. The van der Waals surface area contributed by atoms with Crippen LogP contribution in [-0.2, 0) is 9.53 Å². The van der Waals surface area contributed by atoms with Crippen LogP contribution >= 0.6 is 23.4 Å². The molecule has 22 heavy (non-hydrogen) atoms. The van der Waals surface area contributed by atoms with Crippen molar-refractivity contribution in [1.29, 1.82) is 0 Å². The van der Waals surface area contributed by atoms with Gasteiger partial charge in [0, 0.05) is 15.5 Å². The van der Waals surface area contributed by atoms with Crippen molar-refractivity contribution >= 4 is 41.3 Å². The molecule has 1 heterocycles. The summed E-state index contributed by atoms with van der Waals surface area (Å²) >= 11 is 7.52. The van der Waals surface area contributed by atoms with Gasteiger partial charge in [-0.2, -0.15) is 0 Å². The van der Waals surface area contributed by atoms with E-state index < -0.39 is 5.97 Å². The lowest BCUT2D eigenvalue weighted by Gasteiger charge is -1.98. The van der Waals surface area contributed by atoms with Gasteiger partial charge in [-0.3, -0.25) is 0 Å². The minimum atomic E-state index is -0.445. The minimum absolute atomic E-state index is 0.293. The van der Waals surface area contributed by atoms with Crippen molar-refractivity contribution in [2.75, 3.05) is 6.26 Å². The lowest BCUT2D eigenvalue weighted by atomic mass is 10.2. The largest absolute Gasteiger partial charge is 0.402 e. The van der Waals surface area contributed by atoms with E-state index in [4.69, 9.17) is 16.3 Å². The Morgan fingerprint density at radius 2 is 1.77 bits per heavy atom. The van der Waals surface area contributed by atoms with Crippen molar-refractivity contribution in [3.63, 3.8) is 0 Å². The molecule has 0 bridgehead atoms. The predicted octanol–water partition coefficient (Wildman–Crippen LogP) is 4.41. The number of rotatable bonds is 3. The average molecular weight is 330 g/mol. The first kappa shape index (κ1) is 14.9. The number of carbonyl (C=O) groups is 1. The van der Waals surface area contributed by atoms with Crippen LogP contribution in [0.15, 0.2) is 64.1 Å². The first-order valence-corrected chi connectivity index (χ1v) is 8.18. The number of esters is 1. The van der Waals surface area contributed by atoms with Gasteiger partial charge < -0.3 is 4.74 Å². The Bertz CT molecular complexity index is 764. The van der Waals surface area contributed by atoms with Crippen LogP contribution in [0, 0.1) is 0 Å². The second-order valence-corrected chi connectivity index (χ2v) is 5.93. The molecule has 1 aliphatic rings. The Morgan fingerprint density at radius 3 is 2.41 bits per heavy atom. The van der Waals surface area contributed by atoms with E-state index >= 15 is 0 Å². The van der Waals surface area contributed by atoms with Crippen LogP contribution in [0.3, 0.4) is 0 Å². The Balaban J connectivity index is 1.88. The number of hydrogen-bond donors (Lipinski definition) is 0. The molecule has 5 heteroatoms. The number of thioether (sulfide) groups is 1. The summed E-state index contributed by atoms with van der Waals surface area (Å²) in [6.45, 7) is 0. The molecule has 3 nitrogen and oxygen atoms in total. The molecule has 0 N–H and O–H groups in total. The van der Waals surface area contributed by atoms with E-state index in [2.05, 4.69) is 4.99 Å². The molecule has 0 unspecified atom stereocenters. The molecule has 2 aromatic rings. The fraction of sp³-hybridized carbons (Fsp3) is 0.0588. The van der Waals surface area contributed by atoms with Crippen molar-refractivity contribution in [2.24, 2.45) is 4.99 Å². The molecule has 1 aliphatic heterocycles. The third kappa shape index (κ3) is 3.24. The lowest BCUT2D eigenvalue weighted by Crippen LogP contribution is -2.05. The molecule has 0 radical (unpaired) electrons. The second-order valence-electron chi connectivity index (χ2n) is 4.62. The number of benzene rings is 2. The summed E-state index contributed by atoms with van der Waals surface area (Å²) in [7, 11) is 0. The van der Waals surface area contributed by atoms with Gasteiger partial charge in [-0.15, -0.1) is 11.8 Å². The van der Waals surface area contributed by atoms with E-state index in [1.165, 1.54) is 4.90 Å². The van der Waals surface area contributed by atoms with E-state index in [0.29, 0.717) is 16.6 Å². The number of cyclic esters (lactones) is 1.